The first-order valence-electron chi connectivity index (χ1n) is 7.98. The van der Waals surface area contributed by atoms with Crippen LogP contribution in [-0.2, 0) is 16.6 Å². The summed E-state index contributed by atoms with van der Waals surface area (Å²) in [6, 6.07) is 0. The van der Waals surface area contributed by atoms with Gasteiger partial charge in [-0.25, -0.2) is 23.1 Å². The molecular weight excluding hydrogens is 473 g/mol. The summed E-state index contributed by atoms with van der Waals surface area (Å²) in [7, 11) is -3.26. The van der Waals surface area contributed by atoms with Gasteiger partial charge in [-0.1, -0.05) is 13.8 Å². The lowest BCUT2D eigenvalue weighted by Gasteiger charge is -2.26. The molecule has 7 nitrogen and oxygen atoms in total. The van der Waals surface area contributed by atoms with Crippen molar-refractivity contribution in [2.75, 3.05) is 19.3 Å². The molecule has 0 aliphatic heterocycles. The molecule has 0 atom stereocenters. The zero-order chi connectivity index (χ0) is 18.4. The molecule has 0 aromatic carbocycles. The Morgan fingerprint density at radius 1 is 1.36 bits per heavy atom. The van der Waals surface area contributed by atoms with Crippen LogP contribution in [0.2, 0.25) is 0 Å². The molecule has 1 rings (SSSR count). The van der Waals surface area contributed by atoms with E-state index in [0.717, 1.165) is 23.5 Å². The van der Waals surface area contributed by atoms with Crippen molar-refractivity contribution in [1.29, 1.82) is 0 Å². The Bertz CT molecular complexity index is 657. The molecule has 0 amide bonds. The SMILES string of the molecule is CCNC(=NCc1nc(C(C)C)cs1)NCC(C)(C)NS(C)(=O)=O.I. The lowest BCUT2D eigenvalue weighted by molar-refractivity contribution is 0.446. The van der Waals surface area contributed by atoms with Gasteiger partial charge in [0.15, 0.2) is 5.96 Å². The number of nitrogens with zero attached hydrogens (tertiary/aromatic N) is 2. The molecule has 0 saturated heterocycles. The van der Waals surface area contributed by atoms with Crippen molar-refractivity contribution in [3.63, 3.8) is 0 Å². The van der Waals surface area contributed by atoms with Crippen LogP contribution in [0.1, 0.15) is 51.2 Å². The molecule has 0 aliphatic carbocycles. The maximum atomic E-state index is 11.4. The van der Waals surface area contributed by atoms with Gasteiger partial charge in [0.2, 0.25) is 10.0 Å². The molecule has 0 bridgehead atoms. The van der Waals surface area contributed by atoms with Gasteiger partial charge in [-0.05, 0) is 26.7 Å². The van der Waals surface area contributed by atoms with Gasteiger partial charge in [-0.2, -0.15) is 0 Å². The lowest BCUT2D eigenvalue weighted by atomic mass is 10.1. The molecular formula is C15H30IN5O2S2. The van der Waals surface area contributed by atoms with Crippen molar-refractivity contribution >= 4 is 51.3 Å². The van der Waals surface area contributed by atoms with E-state index >= 15 is 0 Å². The molecule has 1 heterocycles. The average Bonchev–Trinajstić information content (AvgIpc) is 2.88. The normalized spacial score (nSPS) is 12.8. The van der Waals surface area contributed by atoms with Crippen LogP contribution in [0.4, 0.5) is 0 Å². The van der Waals surface area contributed by atoms with Crippen molar-refractivity contribution in [2.45, 2.75) is 52.6 Å². The number of halogens is 1. The molecule has 1 aromatic rings. The smallest absolute Gasteiger partial charge is 0.209 e. The van der Waals surface area contributed by atoms with Crippen LogP contribution in [0.15, 0.2) is 10.4 Å². The van der Waals surface area contributed by atoms with Gasteiger partial charge >= 0.3 is 0 Å². The van der Waals surface area contributed by atoms with Gasteiger partial charge in [0.1, 0.15) is 5.01 Å². The molecule has 0 unspecified atom stereocenters. The van der Waals surface area contributed by atoms with Gasteiger partial charge in [0.25, 0.3) is 0 Å². The first kappa shape index (κ1) is 24.5. The number of aliphatic imine (C=N–C) groups is 1. The fourth-order valence-electron chi connectivity index (χ4n) is 1.99. The Kier molecular flexibility index (Phi) is 10.4. The number of hydrogen-bond donors (Lipinski definition) is 3. The summed E-state index contributed by atoms with van der Waals surface area (Å²) >= 11 is 1.60. The number of aromatic nitrogens is 1. The van der Waals surface area contributed by atoms with Gasteiger partial charge in [-0.15, -0.1) is 35.3 Å². The minimum atomic E-state index is -3.26. The van der Waals surface area contributed by atoms with Gasteiger partial charge < -0.3 is 10.6 Å². The van der Waals surface area contributed by atoms with Crippen LogP contribution in [-0.4, -0.2) is 44.2 Å². The van der Waals surface area contributed by atoms with Crippen molar-refractivity contribution in [1.82, 2.24) is 20.3 Å². The highest BCUT2D eigenvalue weighted by Crippen LogP contribution is 2.18. The van der Waals surface area contributed by atoms with Crippen LogP contribution < -0.4 is 15.4 Å². The largest absolute Gasteiger partial charge is 0.357 e. The third kappa shape index (κ3) is 10.3. The van der Waals surface area contributed by atoms with Crippen molar-refractivity contribution in [3.05, 3.63) is 16.1 Å². The summed E-state index contributed by atoms with van der Waals surface area (Å²) in [6.07, 6.45) is 1.16. The second kappa shape index (κ2) is 10.6. The molecule has 0 spiro atoms. The first-order chi connectivity index (χ1) is 11.0. The van der Waals surface area contributed by atoms with Crippen molar-refractivity contribution < 1.29 is 8.42 Å². The molecule has 0 saturated carbocycles. The molecule has 25 heavy (non-hydrogen) atoms. The topological polar surface area (TPSA) is 95.5 Å². The molecule has 1 aromatic heterocycles. The van der Waals surface area contributed by atoms with E-state index in [1.165, 1.54) is 0 Å². The van der Waals surface area contributed by atoms with E-state index in [0.29, 0.717) is 25.0 Å². The molecule has 146 valence electrons. The summed E-state index contributed by atoms with van der Waals surface area (Å²) in [5.41, 5.74) is 0.470. The lowest BCUT2D eigenvalue weighted by Crippen LogP contribution is -2.53. The average molecular weight is 503 g/mol. The van der Waals surface area contributed by atoms with Gasteiger partial charge in [0, 0.05) is 24.0 Å². The summed E-state index contributed by atoms with van der Waals surface area (Å²) in [4.78, 5) is 9.08. The number of rotatable bonds is 8. The third-order valence-corrected chi connectivity index (χ3v) is 4.81. The molecule has 0 fully saturated rings. The van der Waals surface area contributed by atoms with E-state index in [1.807, 2.05) is 20.8 Å². The highest BCUT2D eigenvalue weighted by Gasteiger charge is 2.22. The summed E-state index contributed by atoms with van der Waals surface area (Å²) in [5.74, 6) is 1.05. The Morgan fingerprint density at radius 3 is 2.48 bits per heavy atom. The van der Waals surface area contributed by atoms with Crippen LogP contribution in [0.3, 0.4) is 0 Å². The van der Waals surface area contributed by atoms with E-state index in [1.54, 1.807) is 11.3 Å². The summed E-state index contributed by atoms with van der Waals surface area (Å²) < 4.78 is 25.4. The van der Waals surface area contributed by atoms with Gasteiger partial charge in [0.05, 0.1) is 18.5 Å². The Labute approximate surface area is 172 Å². The standard InChI is InChI=1S/C15H29N5O2S2.HI/c1-7-16-14(18-10-15(4,5)20-24(6,21)22)17-8-13-19-12(9-23-13)11(2)3;/h9,11,20H,7-8,10H2,1-6H3,(H2,16,17,18);1H. The van der Waals surface area contributed by atoms with Crippen LogP contribution in [0.25, 0.3) is 0 Å². The van der Waals surface area contributed by atoms with E-state index in [-0.39, 0.29) is 24.0 Å². The highest BCUT2D eigenvalue weighted by atomic mass is 127. The van der Waals surface area contributed by atoms with Crippen LogP contribution in [0.5, 0.6) is 0 Å². The van der Waals surface area contributed by atoms with E-state index < -0.39 is 15.6 Å². The number of sulfonamides is 1. The fraction of sp³-hybridized carbons (Fsp3) is 0.733. The fourth-order valence-corrected chi connectivity index (χ4v) is 3.95. The first-order valence-corrected chi connectivity index (χ1v) is 10.7. The molecule has 3 N–H and O–H groups in total. The zero-order valence-corrected chi connectivity index (χ0v) is 19.7. The second-order valence-corrected chi connectivity index (χ2v) is 9.32. The quantitative estimate of drug-likeness (QED) is 0.288. The van der Waals surface area contributed by atoms with Crippen molar-refractivity contribution in [3.8, 4) is 0 Å². The van der Waals surface area contributed by atoms with Crippen LogP contribution in [0, 0.1) is 0 Å². The Hall–Kier alpha value is -0.460. The van der Waals surface area contributed by atoms with E-state index in [4.69, 9.17) is 0 Å². The predicted octanol–water partition coefficient (Wildman–Crippen LogP) is 2.27. The third-order valence-electron chi connectivity index (χ3n) is 3.04. The summed E-state index contributed by atoms with van der Waals surface area (Å²) in [6.45, 7) is 11.5. The van der Waals surface area contributed by atoms with E-state index in [2.05, 4.69) is 44.6 Å². The molecule has 0 radical (unpaired) electrons. The van der Waals surface area contributed by atoms with Crippen LogP contribution >= 0.6 is 35.3 Å². The zero-order valence-electron chi connectivity index (χ0n) is 15.7. The van der Waals surface area contributed by atoms with Crippen molar-refractivity contribution in [2.24, 2.45) is 4.99 Å². The molecule has 10 heteroatoms. The monoisotopic (exact) mass is 503 g/mol. The highest BCUT2D eigenvalue weighted by molar-refractivity contribution is 14.0. The molecule has 0 aliphatic rings. The van der Waals surface area contributed by atoms with E-state index in [9.17, 15) is 8.42 Å². The Morgan fingerprint density at radius 2 is 2.00 bits per heavy atom. The summed E-state index contributed by atoms with van der Waals surface area (Å²) in [5, 5.41) is 9.36. The Balaban J connectivity index is 0.00000576. The maximum Gasteiger partial charge on any atom is 0.209 e. The van der Waals surface area contributed by atoms with Gasteiger partial charge in [-0.3, -0.25) is 0 Å². The minimum absolute atomic E-state index is 0. The predicted molar refractivity (Wildman–Crippen MR) is 116 cm³/mol. The number of hydrogen-bond acceptors (Lipinski definition) is 5. The number of thiazole rings is 1. The second-order valence-electron chi connectivity index (χ2n) is 6.63. The minimum Gasteiger partial charge on any atom is -0.357 e. The number of nitrogens with one attached hydrogen (secondary N) is 3. The maximum absolute atomic E-state index is 11.4. The number of guanidine groups is 1.